The Morgan fingerprint density at radius 1 is 1.11 bits per heavy atom. The molecule has 100 valence electrons. The van der Waals surface area contributed by atoms with Gasteiger partial charge in [-0.15, -0.1) is 0 Å². The monoisotopic (exact) mass is 295 g/mol. The fourth-order valence-electron chi connectivity index (χ4n) is 1.93. The Balaban J connectivity index is 2.05. The molecular formula is C14H15Cl2N3. The lowest BCUT2D eigenvalue weighted by molar-refractivity contribution is 0.522. The van der Waals surface area contributed by atoms with Crippen LogP contribution < -0.4 is 11.3 Å². The lowest BCUT2D eigenvalue weighted by Crippen LogP contribution is -2.38. The number of nitrogens with two attached hydrogens (primary N) is 1. The zero-order chi connectivity index (χ0) is 13.7. The number of aromatic nitrogens is 1. The summed E-state index contributed by atoms with van der Waals surface area (Å²) in [5, 5.41) is 1.40. The summed E-state index contributed by atoms with van der Waals surface area (Å²) in [4.78, 5) is 3.97. The lowest BCUT2D eigenvalue weighted by atomic mass is 10.00. The van der Waals surface area contributed by atoms with E-state index in [4.69, 9.17) is 29.0 Å². The first-order valence-corrected chi connectivity index (χ1v) is 6.73. The van der Waals surface area contributed by atoms with Crippen LogP contribution in [-0.4, -0.2) is 11.0 Å². The van der Waals surface area contributed by atoms with Gasteiger partial charge in [-0.3, -0.25) is 16.3 Å². The van der Waals surface area contributed by atoms with Crippen LogP contribution >= 0.6 is 23.2 Å². The third-order valence-corrected chi connectivity index (χ3v) is 3.55. The second-order valence-electron chi connectivity index (χ2n) is 4.37. The summed E-state index contributed by atoms with van der Waals surface area (Å²) in [5.74, 6) is 5.61. The quantitative estimate of drug-likeness (QED) is 0.658. The molecule has 5 heteroatoms. The predicted molar refractivity (Wildman–Crippen MR) is 79.2 cm³/mol. The third-order valence-electron chi connectivity index (χ3n) is 2.95. The van der Waals surface area contributed by atoms with Crippen LogP contribution in [0.3, 0.4) is 0 Å². The summed E-state index contributed by atoms with van der Waals surface area (Å²) in [5.41, 5.74) is 5.04. The van der Waals surface area contributed by atoms with Gasteiger partial charge in [0.15, 0.2) is 0 Å². The van der Waals surface area contributed by atoms with Gasteiger partial charge in [0.2, 0.25) is 0 Å². The van der Waals surface area contributed by atoms with Crippen molar-refractivity contribution in [3.63, 3.8) is 0 Å². The van der Waals surface area contributed by atoms with E-state index in [-0.39, 0.29) is 6.04 Å². The van der Waals surface area contributed by atoms with Crippen molar-refractivity contribution in [3.8, 4) is 0 Å². The van der Waals surface area contributed by atoms with E-state index in [1.54, 1.807) is 12.4 Å². The summed E-state index contributed by atoms with van der Waals surface area (Å²) in [6.07, 6.45) is 4.94. The molecule has 0 radical (unpaired) electrons. The van der Waals surface area contributed by atoms with E-state index in [0.29, 0.717) is 5.02 Å². The van der Waals surface area contributed by atoms with Crippen molar-refractivity contribution in [2.24, 2.45) is 5.84 Å². The molecule has 0 aliphatic heterocycles. The zero-order valence-electron chi connectivity index (χ0n) is 10.3. The fourth-order valence-corrected chi connectivity index (χ4v) is 2.25. The summed E-state index contributed by atoms with van der Waals surface area (Å²) < 4.78 is 0. The molecule has 3 nitrogen and oxygen atoms in total. The van der Waals surface area contributed by atoms with Gasteiger partial charge >= 0.3 is 0 Å². The zero-order valence-corrected chi connectivity index (χ0v) is 11.8. The molecule has 0 bridgehead atoms. The molecule has 2 rings (SSSR count). The highest BCUT2D eigenvalue weighted by molar-refractivity contribution is 6.31. The van der Waals surface area contributed by atoms with Gasteiger partial charge in [0.05, 0.1) is 5.02 Å². The standard InChI is InChI=1S/C14H15Cl2N3/c15-12-3-1-10(2-4-12)7-13(19-17)8-11-5-6-18-9-14(11)16/h1-6,9,13,19H,7-8,17H2. The van der Waals surface area contributed by atoms with E-state index < -0.39 is 0 Å². The van der Waals surface area contributed by atoms with E-state index in [2.05, 4.69) is 10.4 Å². The van der Waals surface area contributed by atoms with E-state index in [1.807, 2.05) is 30.3 Å². The van der Waals surface area contributed by atoms with Gasteiger partial charge in [0, 0.05) is 23.5 Å². The minimum absolute atomic E-state index is 0.112. The molecule has 0 aliphatic carbocycles. The minimum Gasteiger partial charge on any atom is -0.271 e. The minimum atomic E-state index is 0.112. The molecule has 0 aliphatic rings. The maximum absolute atomic E-state index is 6.10. The van der Waals surface area contributed by atoms with Crippen LogP contribution in [0.25, 0.3) is 0 Å². The van der Waals surface area contributed by atoms with Gasteiger partial charge in [-0.25, -0.2) is 0 Å². The van der Waals surface area contributed by atoms with E-state index in [0.717, 1.165) is 23.4 Å². The molecule has 1 aromatic heterocycles. The first-order chi connectivity index (χ1) is 9.19. The highest BCUT2D eigenvalue weighted by atomic mass is 35.5. The van der Waals surface area contributed by atoms with Crippen LogP contribution in [0, 0.1) is 0 Å². The van der Waals surface area contributed by atoms with Crippen LogP contribution in [0.2, 0.25) is 10.0 Å². The molecule has 1 heterocycles. The van der Waals surface area contributed by atoms with Crippen molar-refractivity contribution in [1.29, 1.82) is 0 Å². The Morgan fingerprint density at radius 3 is 2.47 bits per heavy atom. The molecule has 0 spiro atoms. The lowest BCUT2D eigenvalue weighted by Gasteiger charge is -2.16. The van der Waals surface area contributed by atoms with Crippen molar-refractivity contribution in [3.05, 3.63) is 63.9 Å². The number of halogens is 2. The molecule has 3 N–H and O–H groups in total. The first kappa shape index (κ1) is 14.3. The number of hydrogen-bond acceptors (Lipinski definition) is 3. The van der Waals surface area contributed by atoms with Crippen molar-refractivity contribution in [1.82, 2.24) is 10.4 Å². The number of pyridine rings is 1. The molecule has 0 amide bonds. The van der Waals surface area contributed by atoms with Gasteiger partial charge in [0.1, 0.15) is 0 Å². The van der Waals surface area contributed by atoms with Gasteiger partial charge < -0.3 is 0 Å². The summed E-state index contributed by atoms with van der Waals surface area (Å²) in [7, 11) is 0. The maximum Gasteiger partial charge on any atom is 0.0621 e. The van der Waals surface area contributed by atoms with Crippen molar-refractivity contribution < 1.29 is 0 Å². The third kappa shape index (κ3) is 4.18. The number of nitrogens with zero attached hydrogens (tertiary/aromatic N) is 1. The Morgan fingerprint density at radius 2 is 1.84 bits per heavy atom. The number of rotatable bonds is 5. The second kappa shape index (κ2) is 6.87. The van der Waals surface area contributed by atoms with E-state index >= 15 is 0 Å². The SMILES string of the molecule is NNC(Cc1ccc(Cl)cc1)Cc1ccncc1Cl. The predicted octanol–water partition coefficient (Wildman–Crippen LogP) is 3.01. The van der Waals surface area contributed by atoms with Gasteiger partial charge in [-0.2, -0.15) is 0 Å². The highest BCUT2D eigenvalue weighted by Crippen LogP contribution is 2.17. The molecule has 1 atom stereocenters. The molecule has 2 aromatic rings. The van der Waals surface area contributed by atoms with Gasteiger partial charge in [-0.05, 0) is 42.2 Å². The normalized spacial score (nSPS) is 12.4. The molecular weight excluding hydrogens is 281 g/mol. The van der Waals surface area contributed by atoms with Crippen LogP contribution in [0.1, 0.15) is 11.1 Å². The average Bonchev–Trinajstić information content (AvgIpc) is 2.43. The largest absolute Gasteiger partial charge is 0.271 e. The summed E-state index contributed by atoms with van der Waals surface area (Å²) >= 11 is 12.0. The molecule has 1 aromatic carbocycles. The molecule has 19 heavy (non-hydrogen) atoms. The number of nitrogens with one attached hydrogen (secondary N) is 1. The van der Waals surface area contributed by atoms with Crippen LogP contribution in [0.4, 0.5) is 0 Å². The highest BCUT2D eigenvalue weighted by Gasteiger charge is 2.11. The number of hydrogen-bond donors (Lipinski definition) is 2. The smallest absolute Gasteiger partial charge is 0.0621 e. The van der Waals surface area contributed by atoms with Crippen LogP contribution in [0.15, 0.2) is 42.7 Å². The Kier molecular flexibility index (Phi) is 5.16. The summed E-state index contributed by atoms with van der Waals surface area (Å²) in [6, 6.07) is 9.78. The molecule has 0 saturated carbocycles. The van der Waals surface area contributed by atoms with Gasteiger partial charge in [0.25, 0.3) is 0 Å². The topological polar surface area (TPSA) is 50.9 Å². The van der Waals surface area contributed by atoms with Crippen LogP contribution in [-0.2, 0) is 12.8 Å². The first-order valence-electron chi connectivity index (χ1n) is 5.98. The second-order valence-corrected chi connectivity index (χ2v) is 5.21. The Bertz CT molecular complexity index is 528. The Labute approximate surface area is 122 Å². The molecule has 1 unspecified atom stereocenters. The number of hydrazine groups is 1. The molecule has 0 fully saturated rings. The van der Waals surface area contributed by atoms with Crippen molar-refractivity contribution in [2.75, 3.05) is 0 Å². The molecule has 0 saturated heterocycles. The summed E-state index contributed by atoms with van der Waals surface area (Å²) in [6.45, 7) is 0. The number of benzene rings is 1. The maximum atomic E-state index is 6.10. The Hall–Kier alpha value is -1.13. The fraction of sp³-hybridized carbons (Fsp3) is 0.214. The van der Waals surface area contributed by atoms with Crippen LogP contribution in [0.5, 0.6) is 0 Å². The van der Waals surface area contributed by atoms with Crippen molar-refractivity contribution >= 4 is 23.2 Å². The average molecular weight is 296 g/mol. The van der Waals surface area contributed by atoms with Gasteiger partial charge in [-0.1, -0.05) is 35.3 Å². The van der Waals surface area contributed by atoms with Crippen molar-refractivity contribution in [2.45, 2.75) is 18.9 Å². The van der Waals surface area contributed by atoms with E-state index in [9.17, 15) is 0 Å². The van der Waals surface area contributed by atoms with E-state index in [1.165, 1.54) is 5.56 Å².